The fourth-order valence-corrected chi connectivity index (χ4v) is 2.37. The van der Waals surface area contributed by atoms with Crippen molar-refractivity contribution >= 4 is 50.7 Å². The molecule has 0 unspecified atom stereocenters. The van der Waals surface area contributed by atoms with Crippen molar-refractivity contribution in [1.82, 2.24) is 0 Å². The van der Waals surface area contributed by atoms with E-state index in [1.807, 2.05) is 12.1 Å². The third-order valence-corrected chi connectivity index (χ3v) is 3.69. The zero-order valence-corrected chi connectivity index (χ0v) is 14.2. The van der Waals surface area contributed by atoms with Gasteiger partial charge < -0.3 is 10.2 Å². The Morgan fingerprint density at radius 2 is 1.86 bits per heavy atom. The number of carbonyl (C=O) groups excluding carboxylic acids is 2. The molecule has 6 heteroatoms. The number of nitrogens with zero attached hydrogens (tertiary/aromatic N) is 1. The van der Waals surface area contributed by atoms with Gasteiger partial charge in [0.1, 0.15) is 6.54 Å². The summed E-state index contributed by atoms with van der Waals surface area (Å²) in [6.07, 6.45) is 0. The first kappa shape index (κ1) is 16.5. The van der Waals surface area contributed by atoms with Crippen LogP contribution in [0.2, 0.25) is 5.02 Å². The van der Waals surface area contributed by atoms with Crippen LogP contribution >= 0.6 is 27.5 Å². The molecule has 0 bridgehead atoms. The van der Waals surface area contributed by atoms with E-state index in [0.29, 0.717) is 16.4 Å². The highest BCUT2D eigenvalue weighted by atomic mass is 79.9. The third-order valence-electron chi connectivity index (χ3n) is 2.93. The topological polar surface area (TPSA) is 49.4 Å². The Morgan fingerprint density at radius 3 is 2.45 bits per heavy atom. The summed E-state index contributed by atoms with van der Waals surface area (Å²) in [6.45, 7) is 1.36. The van der Waals surface area contributed by atoms with Crippen LogP contribution in [0.25, 0.3) is 0 Å². The predicted octanol–water partition coefficient (Wildman–Crippen LogP) is 4.09. The van der Waals surface area contributed by atoms with Crippen LogP contribution in [0.4, 0.5) is 11.4 Å². The lowest BCUT2D eigenvalue weighted by molar-refractivity contribution is -0.120. The first-order chi connectivity index (χ1) is 10.5. The Morgan fingerprint density at radius 1 is 1.18 bits per heavy atom. The number of halogens is 2. The Balaban J connectivity index is 2.09. The van der Waals surface area contributed by atoms with Crippen molar-refractivity contribution in [3.05, 3.63) is 58.0 Å². The van der Waals surface area contributed by atoms with Crippen molar-refractivity contribution < 1.29 is 9.59 Å². The Hall–Kier alpha value is -1.85. The average molecular weight is 382 g/mol. The van der Waals surface area contributed by atoms with Crippen molar-refractivity contribution in [3.8, 4) is 0 Å². The van der Waals surface area contributed by atoms with Crippen molar-refractivity contribution in [2.24, 2.45) is 0 Å². The van der Waals surface area contributed by atoms with E-state index in [9.17, 15) is 9.59 Å². The van der Waals surface area contributed by atoms with E-state index < -0.39 is 0 Å². The van der Waals surface area contributed by atoms with Crippen LogP contribution in [0, 0.1) is 0 Å². The van der Waals surface area contributed by atoms with Crippen LogP contribution in [-0.2, 0) is 9.59 Å². The maximum atomic E-state index is 12.1. The molecule has 0 aliphatic rings. The summed E-state index contributed by atoms with van der Waals surface area (Å²) in [4.78, 5) is 25.3. The van der Waals surface area contributed by atoms with Gasteiger partial charge >= 0.3 is 0 Å². The van der Waals surface area contributed by atoms with Crippen molar-refractivity contribution in [3.63, 3.8) is 0 Å². The minimum Gasteiger partial charge on any atom is -0.324 e. The molecule has 0 saturated heterocycles. The average Bonchev–Trinajstić information content (AvgIpc) is 2.45. The van der Waals surface area contributed by atoms with Gasteiger partial charge in [0.25, 0.3) is 0 Å². The first-order valence-electron chi connectivity index (χ1n) is 6.55. The SMILES string of the molecule is CC(=O)N(CC(=O)Nc1cccc(Cl)c1)c1ccc(Br)cc1. The highest BCUT2D eigenvalue weighted by molar-refractivity contribution is 9.10. The van der Waals surface area contributed by atoms with Crippen LogP contribution in [0.15, 0.2) is 53.0 Å². The van der Waals surface area contributed by atoms with Gasteiger partial charge in [0, 0.05) is 27.8 Å². The third kappa shape index (κ3) is 4.58. The largest absolute Gasteiger partial charge is 0.324 e. The summed E-state index contributed by atoms with van der Waals surface area (Å²) in [5.74, 6) is -0.496. The molecule has 0 fully saturated rings. The summed E-state index contributed by atoms with van der Waals surface area (Å²) in [7, 11) is 0. The summed E-state index contributed by atoms with van der Waals surface area (Å²) in [5, 5.41) is 3.26. The molecular weight excluding hydrogens is 368 g/mol. The molecule has 0 saturated carbocycles. The number of carbonyl (C=O) groups is 2. The van der Waals surface area contributed by atoms with Gasteiger partial charge in [-0.05, 0) is 42.5 Å². The van der Waals surface area contributed by atoms with Crippen LogP contribution < -0.4 is 10.2 Å². The number of hydrogen-bond acceptors (Lipinski definition) is 2. The molecule has 2 aromatic carbocycles. The molecule has 0 aliphatic heterocycles. The Kier molecular flexibility index (Phi) is 5.57. The summed E-state index contributed by atoms with van der Waals surface area (Å²) >= 11 is 9.21. The zero-order valence-electron chi connectivity index (χ0n) is 11.8. The quantitative estimate of drug-likeness (QED) is 0.867. The molecule has 22 heavy (non-hydrogen) atoms. The predicted molar refractivity (Wildman–Crippen MR) is 92.3 cm³/mol. The maximum absolute atomic E-state index is 12.1. The van der Waals surface area contributed by atoms with Gasteiger partial charge in [-0.1, -0.05) is 33.6 Å². The van der Waals surface area contributed by atoms with Gasteiger partial charge in [0.15, 0.2) is 0 Å². The van der Waals surface area contributed by atoms with E-state index in [1.165, 1.54) is 11.8 Å². The van der Waals surface area contributed by atoms with Crippen molar-refractivity contribution in [2.75, 3.05) is 16.8 Å². The molecule has 2 rings (SSSR count). The van der Waals surface area contributed by atoms with Gasteiger partial charge in [-0.3, -0.25) is 9.59 Å². The molecule has 0 radical (unpaired) electrons. The molecule has 0 atom stereocenters. The number of amides is 2. The highest BCUT2D eigenvalue weighted by Crippen LogP contribution is 2.19. The second-order valence-electron chi connectivity index (χ2n) is 4.64. The van der Waals surface area contributed by atoms with Gasteiger partial charge in [-0.25, -0.2) is 0 Å². The fourth-order valence-electron chi connectivity index (χ4n) is 1.92. The van der Waals surface area contributed by atoms with E-state index in [0.717, 1.165) is 4.47 Å². The van der Waals surface area contributed by atoms with Crippen LogP contribution in [-0.4, -0.2) is 18.4 Å². The fraction of sp³-hybridized carbons (Fsp3) is 0.125. The number of rotatable bonds is 4. The summed E-state index contributed by atoms with van der Waals surface area (Å²) < 4.78 is 0.906. The minimum absolute atomic E-state index is 0.0660. The molecule has 114 valence electrons. The van der Waals surface area contributed by atoms with E-state index in [1.54, 1.807) is 36.4 Å². The van der Waals surface area contributed by atoms with E-state index in [2.05, 4.69) is 21.2 Å². The summed E-state index contributed by atoms with van der Waals surface area (Å²) in [5.41, 5.74) is 1.26. The molecule has 0 heterocycles. The zero-order chi connectivity index (χ0) is 16.1. The monoisotopic (exact) mass is 380 g/mol. The molecule has 0 spiro atoms. The van der Waals surface area contributed by atoms with Crippen LogP contribution in [0.5, 0.6) is 0 Å². The van der Waals surface area contributed by atoms with Crippen molar-refractivity contribution in [1.29, 1.82) is 0 Å². The number of benzene rings is 2. The normalized spacial score (nSPS) is 10.1. The standard InChI is InChI=1S/C16H14BrClN2O2/c1-11(21)20(15-7-5-12(17)6-8-15)10-16(22)19-14-4-2-3-13(18)9-14/h2-9H,10H2,1H3,(H,19,22). The Labute approximate surface area is 142 Å². The number of anilines is 2. The molecule has 1 N–H and O–H groups in total. The van der Waals surface area contributed by atoms with E-state index in [-0.39, 0.29) is 18.4 Å². The lowest BCUT2D eigenvalue weighted by Crippen LogP contribution is -2.36. The second kappa shape index (κ2) is 7.42. The second-order valence-corrected chi connectivity index (χ2v) is 5.99. The smallest absolute Gasteiger partial charge is 0.244 e. The van der Waals surface area contributed by atoms with Crippen molar-refractivity contribution in [2.45, 2.75) is 6.92 Å². The van der Waals surface area contributed by atoms with Crippen LogP contribution in [0.3, 0.4) is 0 Å². The van der Waals surface area contributed by atoms with E-state index >= 15 is 0 Å². The Bertz CT molecular complexity index is 689. The lowest BCUT2D eigenvalue weighted by Gasteiger charge is -2.20. The minimum atomic E-state index is -0.291. The number of nitrogens with one attached hydrogen (secondary N) is 1. The van der Waals surface area contributed by atoms with Gasteiger partial charge in [0.2, 0.25) is 11.8 Å². The number of hydrogen-bond donors (Lipinski definition) is 1. The van der Waals surface area contributed by atoms with Gasteiger partial charge in [0.05, 0.1) is 0 Å². The molecule has 2 amide bonds. The lowest BCUT2D eigenvalue weighted by atomic mass is 10.2. The highest BCUT2D eigenvalue weighted by Gasteiger charge is 2.15. The molecule has 0 aromatic heterocycles. The van der Waals surface area contributed by atoms with E-state index in [4.69, 9.17) is 11.6 Å². The summed E-state index contributed by atoms with van der Waals surface area (Å²) in [6, 6.07) is 14.0. The first-order valence-corrected chi connectivity index (χ1v) is 7.72. The molecular formula is C16H14BrClN2O2. The van der Waals surface area contributed by atoms with Gasteiger partial charge in [-0.15, -0.1) is 0 Å². The van der Waals surface area contributed by atoms with Crippen LogP contribution in [0.1, 0.15) is 6.92 Å². The maximum Gasteiger partial charge on any atom is 0.244 e. The molecule has 4 nitrogen and oxygen atoms in total. The molecule has 0 aliphatic carbocycles. The van der Waals surface area contributed by atoms with Gasteiger partial charge in [-0.2, -0.15) is 0 Å². The molecule has 2 aromatic rings.